The summed E-state index contributed by atoms with van der Waals surface area (Å²) >= 11 is 0. The Morgan fingerprint density at radius 2 is 1.62 bits per heavy atom. The van der Waals surface area contributed by atoms with E-state index in [4.69, 9.17) is 4.74 Å². The zero-order chi connectivity index (χ0) is 23.4. The topological polar surface area (TPSA) is 35.9 Å². The molecule has 9 heteroatoms. The first-order chi connectivity index (χ1) is 15.1. The Morgan fingerprint density at radius 3 is 2.18 bits per heavy atom. The summed E-state index contributed by atoms with van der Waals surface area (Å²) in [7, 11) is 1.99. The van der Waals surface area contributed by atoms with Crippen LogP contribution in [0.2, 0.25) is 0 Å². The van der Waals surface area contributed by atoms with Gasteiger partial charge in [0.1, 0.15) is 5.75 Å². The average Bonchev–Trinajstić information content (AvgIpc) is 2.74. The van der Waals surface area contributed by atoms with Crippen LogP contribution in [0, 0.1) is 0 Å². The van der Waals surface area contributed by atoms with E-state index in [0.717, 1.165) is 17.5 Å². The van der Waals surface area contributed by atoms with Gasteiger partial charge >= 0.3 is 6.18 Å². The van der Waals surface area contributed by atoms with E-state index < -0.39 is 17.3 Å². The maximum absolute atomic E-state index is 13.2. The number of rotatable bonds is 8. The number of piperidine rings is 1. The molecule has 1 aliphatic heterocycles. The quantitative estimate of drug-likeness (QED) is 0.448. The standard InChI is InChI=1S/C25H33F3N2O2.2ClH/c1-19(2)32-22-10-8-21(9-11-22)29(3)15-12-24(31)13-16-30(17-14-24)18-20-6-4-5-7-23(20)25(26,27)28;;/h4-11,19,31H,12-18H2,1-3H3;2*1H. The number of halogens is 5. The summed E-state index contributed by atoms with van der Waals surface area (Å²) in [5.41, 5.74) is -0.0390. The van der Waals surface area contributed by atoms with E-state index in [0.29, 0.717) is 38.9 Å². The number of alkyl halides is 3. The van der Waals surface area contributed by atoms with Crippen LogP contribution >= 0.6 is 24.8 Å². The molecule has 0 atom stereocenters. The summed E-state index contributed by atoms with van der Waals surface area (Å²) in [6.07, 6.45) is -2.51. The van der Waals surface area contributed by atoms with Crippen molar-refractivity contribution in [3.63, 3.8) is 0 Å². The number of hydrogen-bond donors (Lipinski definition) is 1. The molecule has 0 aliphatic carbocycles. The molecule has 0 aromatic heterocycles. The molecular formula is C25H35Cl2F3N2O2. The van der Waals surface area contributed by atoms with Crippen LogP contribution in [-0.4, -0.2) is 48.4 Å². The summed E-state index contributed by atoms with van der Waals surface area (Å²) in [5, 5.41) is 11.0. The van der Waals surface area contributed by atoms with Gasteiger partial charge in [-0.1, -0.05) is 18.2 Å². The van der Waals surface area contributed by atoms with E-state index in [1.165, 1.54) is 12.1 Å². The number of hydrogen-bond acceptors (Lipinski definition) is 4. The van der Waals surface area contributed by atoms with Gasteiger partial charge in [-0.25, -0.2) is 0 Å². The molecule has 34 heavy (non-hydrogen) atoms. The third kappa shape index (κ3) is 8.52. The van der Waals surface area contributed by atoms with Gasteiger partial charge in [-0.3, -0.25) is 4.90 Å². The predicted molar refractivity (Wildman–Crippen MR) is 135 cm³/mol. The fourth-order valence-electron chi connectivity index (χ4n) is 4.11. The second-order valence-electron chi connectivity index (χ2n) is 8.99. The lowest BCUT2D eigenvalue weighted by atomic mass is 9.87. The molecule has 1 heterocycles. The van der Waals surface area contributed by atoms with Crippen LogP contribution in [0.5, 0.6) is 5.75 Å². The molecule has 1 saturated heterocycles. The van der Waals surface area contributed by atoms with Gasteiger partial charge < -0.3 is 14.7 Å². The van der Waals surface area contributed by atoms with E-state index >= 15 is 0 Å². The summed E-state index contributed by atoms with van der Waals surface area (Å²) in [5.74, 6) is 0.829. The highest BCUT2D eigenvalue weighted by Gasteiger charge is 2.35. The molecule has 0 saturated carbocycles. The first kappa shape index (κ1) is 30.4. The zero-order valence-corrected chi connectivity index (χ0v) is 21.5. The van der Waals surface area contributed by atoms with Crippen molar-refractivity contribution in [3.05, 3.63) is 59.7 Å². The highest BCUT2D eigenvalue weighted by Crippen LogP contribution is 2.34. The molecule has 4 nitrogen and oxygen atoms in total. The molecule has 1 fully saturated rings. The Balaban J connectivity index is 0.00000289. The number of anilines is 1. The highest BCUT2D eigenvalue weighted by molar-refractivity contribution is 5.85. The van der Waals surface area contributed by atoms with Crippen LogP contribution in [0.3, 0.4) is 0 Å². The highest BCUT2D eigenvalue weighted by atomic mass is 35.5. The molecular weight excluding hydrogens is 488 g/mol. The average molecular weight is 523 g/mol. The largest absolute Gasteiger partial charge is 0.491 e. The zero-order valence-electron chi connectivity index (χ0n) is 19.8. The maximum atomic E-state index is 13.2. The third-order valence-corrected chi connectivity index (χ3v) is 6.07. The van der Waals surface area contributed by atoms with Crippen molar-refractivity contribution in [2.45, 2.75) is 57.5 Å². The Kier molecular flexibility index (Phi) is 11.5. The van der Waals surface area contributed by atoms with Gasteiger partial charge in [-0.15, -0.1) is 24.8 Å². The van der Waals surface area contributed by atoms with Crippen molar-refractivity contribution in [3.8, 4) is 5.75 Å². The lowest BCUT2D eigenvalue weighted by Gasteiger charge is -2.39. The molecule has 2 aromatic carbocycles. The first-order valence-electron chi connectivity index (χ1n) is 11.1. The van der Waals surface area contributed by atoms with E-state index in [-0.39, 0.29) is 43.0 Å². The fraction of sp³-hybridized carbons (Fsp3) is 0.520. The van der Waals surface area contributed by atoms with Crippen molar-refractivity contribution in [1.29, 1.82) is 0 Å². The van der Waals surface area contributed by atoms with Crippen LogP contribution in [0.15, 0.2) is 48.5 Å². The van der Waals surface area contributed by atoms with Crippen LogP contribution in [0.25, 0.3) is 0 Å². The Bertz CT molecular complexity index is 871. The third-order valence-electron chi connectivity index (χ3n) is 6.07. The lowest BCUT2D eigenvalue weighted by molar-refractivity contribution is -0.138. The molecule has 0 radical (unpaired) electrons. The first-order valence-corrected chi connectivity index (χ1v) is 11.1. The van der Waals surface area contributed by atoms with Gasteiger partial charge in [-0.05, 0) is 69.0 Å². The Morgan fingerprint density at radius 1 is 1.03 bits per heavy atom. The molecule has 0 amide bonds. The number of benzene rings is 2. The van der Waals surface area contributed by atoms with Crippen LogP contribution in [-0.2, 0) is 12.7 Å². The molecule has 0 bridgehead atoms. The lowest BCUT2D eigenvalue weighted by Crippen LogP contribution is -2.45. The molecule has 0 spiro atoms. The Labute approximate surface area is 212 Å². The summed E-state index contributed by atoms with van der Waals surface area (Å²) in [6.45, 7) is 6.07. The second-order valence-corrected chi connectivity index (χ2v) is 8.99. The van der Waals surface area contributed by atoms with Crippen LogP contribution < -0.4 is 9.64 Å². The van der Waals surface area contributed by atoms with Gasteiger partial charge in [0.15, 0.2) is 0 Å². The summed E-state index contributed by atoms with van der Waals surface area (Å²) in [6, 6.07) is 13.6. The minimum Gasteiger partial charge on any atom is -0.491 e. The minimum absolute atomic E-state index is 0. The monoisotopic (exact) mass is 522 g/mol. The van der Waals surface area contributed by atoms with E-state index in [1.807, 2.05) is 50.1 Å². The number of ether oxygens (including phenoxy) is 1. The van der Waals surface area contributed by atoms with Crippen LogP contribution in [0.4, 0.5) is 18.9 Å². The second kappa shape index (κ2) is 12.9. The van der Waals surface area contributed by atoms with Crippen LogP contribution in [0.1, 0.15) is 44.2 Å². The maximum Gasteiger partial charge on any atom is 0.416 e. The van der Waals surface area contributed by atoms with Crippen molar-refractivity contribution in [2.24, 2.45) is 0 Å². The SMILES string of the molecule is CC(C)Oc1ccc(N(C)CCC2(O)CCN(Cc3ccccc3C(F)(F)F)CC2)cc1.Cl.Cl. The Hall–Kier alpha value is -1.67. The molecule has 2 aromatic rings. The molecule has 0 unspecified atom stereocenters. The summed E-state index contributed by atoms with van der Waals surface area (Å²) < 4.78 is 45.4. The fourth-order valence-corrected chi connectivity index (χ4v) is 4.11. The molecule has 1 N–H and O–H groups in total. The van der Waals surface area contributed by atoms with Crippen molar-refractivity contribution < 1.29 is 23.0 Å². The van der Waals surface area contributed by atoms with Gasteiger partial charge in [-0.2, -0.15) is 13.2 Å². The van der Waals surface area contributed by atoms with Crippen molar-refractivity contribution in [1.82, 2.24) is 4.90 Å². The van der Waals surface area contributed by atoms with Gasteiger partial charge in [0.05, 0.1) is 17.3 Å². The van der Waals surface area contributed by atoms with Gasteiger partial charge in [0.25, 0.3) is 0 Å². The normalized spacial score (nSPS) is 15.9. The van der Waals surface area contributed by atoms with Crippen molar-refractivity contribution >= 4 is 30.5 Å². The molecule has 1 aliphatic rings. The van der Waals surface area contributed by atoms with Gasteiger partial charge in [0, 0.05) is 38.9 Å². The van der Waals surface area contributed by atoms with E-state index in [2.05, 4.69) is 4.90 Å². The molecule has 3 rings (SSSR count). The number of aliphatic hydroxyl groups is 1. The smallest absolute Gasteiger partial charge is 0.416 e. The minimum atomic E-state index is -4.35. The van der Waals surface area contributed by atoms with Gasteiger partial charge in [0.2, 0.25) is 0 Å². The number of nitrogens with zero attached hydrogens (tertiary/aromatic N) is 2. The molecule has 192 valence electrons. The number of likely N-dealkylation sites (tertiary alicyclic amines) is 1. The van der Waals surface area contributed by atoms with Crippen molar-refractivity contribution in [2.75, 3.05) is 31.6 Å². The summed E-state index contributed by atoms with van der Waals surface area (Å²) in [4.78, 5) is 4.10. The predicted octanol–water partition coefficient (Wildman–Crippen LogP) is 6.19. The van der Waals surface area contributed by atoms with E-state index in [1.54, 1.807) is 6.07 Å². The van der Waals surface area contributed by atoms with E-state index in [9.17, 15) is 18.3 Å².